The molecule has 1 atom stereocenters. The van der Waals surface area contributed by atoms with Crippen LogP contribution in [0.4, 0.5) is 0 Å². The van der Waals surface area contributed by atoms with Gasteiger partial charge in [0.25, 0.3) is 0 Å². The zero-order valence-corrected chi connectivity index (χ0v) is 9.73. The molecular formula is C10H18N2OS. The van der Waals surface area contributed by atoms with Gasteiger partial charge >= 0.3 is 0 Å². The molecule has 0 spiro atoms. The Morgan fingerprint density at radius 1 is 1.57 bits per heavy atom. The monoisotopic (exact) mass is 214 g/mol. The predicted molar refractivity (Wildman–Crippen MR) is 60.1 cm³/mol. The van der Waals surface area contributed by atoms with Gasteiger partial charge < -0.3 is 4.74 Å². The number of rotatable bonds is 4. The van der Waals surface area contributed by atoms with Gasteiger partial charge in [-0.25, -0.2) is 0 Å². The molecule has 1 unspecified atom stereocenters. The van der Waals surface area contributed by atoms with Crippen molar-refractivity contribution >= 4 is 11.3 Å². The van der Waals surface area contributed by atoms with Gasteiger partial charge in [0.05, 0.1) is 18.2 Å². The Labute approximate surface area is 89.2 Å². The van der Waals surface area contributed by atoms with Crippen molar-refractivity contribution in [3.05, 3.63) is 22.4 Å². The minimum atomic E-state index is -0.120. The van der Waals surface area contributed by atoms with Crippen molar-refractivity contribution in [3.63, 3.8) is 0 Å². The van der Waals surface area contributed by atoms with Gasteiger partial charge in [-0.05, 0) is 43.2 Å². The summed E-state index contributed by atoms with van der Waals surface area (Å²) in [5.41, 5.74) is 3.82. The summed E-state index contributed by atoms with van der Waals surface area (Å²) in [5, 5.41) is 4.12. The number of hydrogen-bond donors (Lipinski definition) is 2. The standard InChI is InChI=1S/C10H18N2OS/c1-10(2,3)13-6-9(12-11)8-4-5-14-7-8/h4-5,7,9,12H,6,11H2,1-3H3. The van der Waals surface area contributed by atoms with Crippen molar-refractivity contribution in [1.29, 1.82) is 0 Å². The molecule has 80 valence electrons. The van der Waals surface area contributed by atoms with Crippen LogP contribution < -0.4 is 11.3 Å². The molecule has 0 radical (unpaired) electrons. The molecule has 1 aromatic rings. The van der Waals surface area contributed by atoms with E-state index in [1.54, 1.807) is 11.3 Å². The maximum Gasteiger partial charge on any atom is 0.0702 e. The zero-order chi connectivity index (χ0) is 10.6. The van der Waals surface area contributed by atoms with Crippen LogP contribution in [-0.4, -0.2) is 12.2 Å². The Kier molecular flexibility index (Phi) is 4.07. The van der Waals surface area contributed by atoms with E-state index in [-0.39, 0.29) is 11.6 Å². The molecule has 0 aromatic carbocycles. The zero-order valence-electron chi connectivity index (χ0n) is 8.91. The highest BCUT2D eigenvalue weighted by atomic mass is 32.1. The van der Waals surface area contributed by atoms with Crippen LogP contribution in [-0.2, 0) is 4.74 Å². The van der Waals surface area contributed by atoms with E-state index < -0.39 is 0 Å². The van der Waals surface area contributed by atoms with Gasteiger partial charge in [-0.3, -0.25) is 11.3 Å². The predicted octanol–water partition coefficient (Wildman–Crippen LogP) is 2.07. The van der Waals surface area contributed by atoms with Crippen LogP contribution in [0.25, 0.3) is 0 Å². The number of nitrogens with one attached hydrogen (secondary N) is 1. The minimum absolute atomic E-state index is 0.0838. The van der Waals surface area contributed by atoms with E-state index in [0.717, 1.165) is 0 Å². The maximum atomic E-state index is 5.67. The van der Waals surface area contributed by atoms with E-state index in [9.17, 15) is 0 Å². The summed E-state index contributed by atoms with van der Waals surface area (Å²) < 4.78 is 5.67. The third-order valence-corrected chi connectivity index (χ3v) is 2.53. The van der Waals surface area contributed by atoms with Gasteiger partial charge in [0, 0.05) is 0 Å². The Morgan fingerprint density at radius 3 is 2.71 bits per heavy atom. The molecule has 14 heavy (non-hydrogen) atoms. The first-order valence-electron chi connectivity index (χ1n) is 4.65. The summed E-state index contributed by atoms with van der Waals surface area (Å²) in [5.74, 6) is 5.47. The molecule has 1 aromatic heterocycles. The fraction of sp³-hybridized carbons (Fsp3) is 0.600. The smallest absolute Gasteiger partial charge is 0.0702 e. The van der Waals surface area contributed by atoms with Crippen LogP contribution in [0.5, 0.6) is 0 Å². The molecule has 0 aliphatic heterocycles. The van der Waals surface area contributed by atoms with Crippen LogP contribution in [0.1, 0.15) is 32.4 Å². The molecule has 0 amide bonds. The summed E-state index contributed by atoms with van der Waals surface area (Å²) in [6.07, 6.45) is 0. The van der Waals surface area contributed by atoms with Crippen molar-refractivity contribution in [3.8, 4) is 0 Å². The Bertz CT molecular complexity index is 254. The Morgan fingerprint density at radius 2 is 2.29 bits per heavy atom. The Hall–Kier alpha value is -0.420. The van der Waals surface area contributed by atoms with Crippen LogP contribution in [0.15, 0.2) is 16.8 Å². The number of nitrogens with two attached hydrogens (primary N) is 1. The molecule has 1 heterocycles. The van der Waals surface area contributed by atoms with Gasteiger partial charge in [0.1, 0.15) is 0 Å². The summed E-state index contributed by atoms with van der Waals surface area (Å²) in [6.45, 7) is 6.70. The highest BCUT2D eigenvalue weighted by molar-refractivity contribution is 7.07. The van der Waals surface area contributed by atoms with E-state index in [1.807, 2.05) is 26.2 Å². The van der Waals surface area contributed by atoms with E-state index in [4.69, 9.17) is 10.6 Å². The average Bonchev–Trinajstić information content (AvgIpc) is 2.56. The highest BCUT2D eigenvalue weighted by Gasteiger charge is 2.15. The van der Waals surface area contributed by atoms with Crippen molar-refractivity contribution in [1.82, 2.24) is 5.43 Å². The van der Waals surface area contributed by atoms with Crippen molar-refractivity contribution in [2.75, 3.05) is 6.61 Å². The molecular weight excluding hydrogens is 196 g/mol. The molecule has 0 aliphatic carbocycles. The van der Waals surface area contributed by atoms with E-state index in [1.165, 1.54) is 5.56 Å². The van der Waals surface area contributed by atoms with E-state index >= 15 is 0 Å². The third kappa shape index (κ3) is 3.75. The summed E-state index contributed by atoms with van der Waals surface area (Å²) in [7, 11) is 0. The molecule has 3 N–H and O–H groups in total. The lowest BCUT2D eigenvalue weighted by atomic mass is 10.1. The first kappa shape index (κ1) is 11.7. The number of thiophene rings is 1. The van der Waals surface area contributed by atoms with Crippen LogP contribution in [0.2, 0.25) is 0 Å². The lowest BCUT2D eigenvalue weighted by molar-refractivity contribution is -0.0147. The minimum Gasteiger partial charge on any atom is -0.374 e. The van der Waals surface area contributed by atoms with E-state index in [0.29, 0.717) is 6.61 Å². The van der Waals surface area contributed by atoms with Gasteiger partial charge in [0.2, 0.25) is 0 Å². The van der Waals surface area contributed by atoms with Gasteiger partial charge in [-0.2, -0.15) is 11.3 Å². The first-order valence-corrected chi connectivity index (χ1v) is 5.59. The maximum absolute atomic E-state index is 5.67. The van der Waals surface area contributed by atoms with Crippen molar-refractivity contribution in [2.24, 2.45) is 5.84 Å². The SMILES string of the molecule is CC(C)(C)OCC(NN)c1ccsc1. The van der Waals surface area contributed by atoms with Gasteiger partial charge in [-0.1, -0.05) is 0 Å². The molecule has 4 heteroatoms. The summed E-state index contributed by atoms with van der Waals surface area (Å²) in [4.78, 5) is 0. The second-order valence-corrected chi connectivity index (χ2v) is 4.98. The lowest BCUT2D eigenvalue weighted by Gasteiger charge is -2.23. The molecule has 3 nitrogen and oxygen atoms in total. The lowest BCUT2D eigenvalue weighted by Crippen LogP contribution is -2.34. The average molecular weight is 214 g/mol. The van der Waals surface area contributed by atoms with Crippen LogP contribution >= 0.6 is 11.3 Å². The fourth-order valence-electron chi connectivity index (χ4n) is 1.05. The Balaban J connectivity index is 2.49. The molecule has 1 rings (SSSR count). The second-order valence-electron chi connectivity index (χ2n) is 4.20. The molecule has 0 saturated heterocycles. The van der Waals surface area contributed by atoms with Crippen molar-refractivity contribution < 1.29 is 4.74 Å². The topological polar surface area (TPSA) is 47.3 Å². The second kappa shape index (κ2) is 4.89. The number of hydrogen-bond acceptors (Lipinski definition) is 4. The summed E-state index contributed by atoms with van der Waals surface area (Å²) in [6, 6.07) is 2.14. The van der Waals surface area contributed by atoms with Gasteiger partial charge in [0.15, 0.2) is 0 Å². The van der Waals surface area contributed by atoms with Crippen LogP contribution in [0, 0.1) is 0 Å². The largest absolute Gasteiger partial charge is 0.374 e. The molecule has 0 saturated carbocycles. The quantitative estimate of drug-likeness (QED) is 0.596. The van der Waals surface area contributed by atoms with E-state index in [2.05, 4.69) is 16.9 Å². The number of hydrazine groups is 1. The third-order valence-electron chi connectivity index (χ3n) is 1.83. The molecule has 0 fully saturated rings. The fourth-order valence-corrected chi connectivity index (χ4v) is 1.76. The number of ether oxygens (including phenoxy) is 1. The van der Waals surface area contributed by atoms with Crippen molar-refractivity contribution in [2.45, 2.75) is 32.4 Å². The summed E-state index contributed by atoms with van der Waals surface area (Å²) >= 11 is 1.67. The highest BCUT2D eigenvalue weighted by Crippen LogP contribution is 2.18. The van der Waals surface area contributed by atoms with Gasteiger partial charge in [-0.15, -0.1) is 0 Å². The first-order chi connectivity index (χ1) is 6.53. The molecule has 0 aliphatic rings. The van der Waals surface area contributed by atoms with Crippen LogP contribution in [0.3, 0.4) is 0 Å². The molecule has 0 bridgehead atoms. The normalized spacial score (nSPS) is 14.3.